The van der Waals surface area contributed by atoms with Gasteiger partial charge in [0.2, 0.25) is 5.91 Å². The Labute approximate surface area is 588 Å². The first-order chi connectivity index (χ1) is 46.5. The maximum atomic E-state index is 13.1. The summed E-state index contributed by atoms with van der Waals surface area (Å²) in [6.07, 6.45) is 116. The second-order valence-corrected chi connectivity index (χ2v) is 28.8. The highest BCUT2D eigenvalue weighted by Gasteiger charge is 2.28. The first kappa shape index (κ1) is 91.1. The van der Waals surface area contributed by atoms with Gasteiger partial charge in [-0.15, -0.1) is 0 Å². The van der Waals surface area contributed by atoms with Crippen molar-refractivity contribution < 1.29 is 32.9 Å². The average Bonchev–Trinajstić information content (AvgIpc) is 2.01. The van der Waals surface area contributed by atoms with E-state index < -0.39 is 20.0 Å². The van der Waals surface area contributed by atoms with Crippen molar-refractivity contribution in [3.8, 4) is 0 Å². The third-order valence-corrected chi connectivity index (χ3v) is 18.0. The fraction of sp³-hybridized carbons (Fsp3) is 0.686. The molecule has 0 aromatic rings. The van der Waals surface area contributed by atoms with E-state index in [1.54, 1.807) is 6.08 Å². The first-order valence-corrected chi connectivity index (χ1v) is 40.9. The lowest BCUT2D eigenvalue weighted by Gasteiger charge is -2.25. The standard InChI is InChI=1S/C86H149N2O6P/c1-6-8-10-12-14-16-18-20-22-24-26-28-30-32-34-36-38-40-41-42-43-44-45-46-47-48-50-52-54-56-58-60-62-64-66-68-70-72-74-76-78-80-86(90)87-84(83-94-95(91,92)93-82-81-88(3,4)5)85(89)79-77-75-73-71-69-67-65-63-61-59-57-55-53-51-49-39-37-35-33-31-29-27-25-23-21-19-17-15-13-11-9-7-2/h8,10,14,16,20,22,26,28,32,34,38,40,42-43,45-46,48,50,54,56,60,62,69,71,77,79,84-85,89H,6-7,9,11-13,15,17-19,21,23-25,27,29-31,33,35-37,39,41,44,47,49,51-53,55,57-59,61,63-68,70,72-76,78,80-83H2,1-5H3,(H-,87,90,91,92)/p+1/b10-8-,16-14-,22-20-,28-26-,34-32-,40-38-,43-42-,46-45-,50-48-,56-54-,62-60-,71-69+,79-77+. The molecule has 1 amide bonds. The van der Waals surface area contributed by atoms with Gasteiger partial charge in [0.05, 0.1) is 39.9 Å². The molecule has 0 rings (SSSR count). The van der Waals surface area contributed by atoms with Gasteiger partial charge in [-0.05, 0) is 116 Å². The number of unbranched alkanes of at least 4 members (excludes halogenated alkanes) is 34. The molecule has 0 aromatic heterocycles. The number of likely N-dealkylation sites (N-methyl/N-ethyl adjacent to an activating group) is 1. The summed E-state index contributed by atoms with van der Waals surface area (Å²) in [7, 11) is 1.53. The van der Waals surface area contributed by atoms with Crippen molar-refractivity contribution in [1.29, 1.82) is 0 Å². The molecule has 0 spiro atoms. The Bertz CT molecular complexity index is 2120. The summed E-state index contributed by atoms with van der Waals surface area (Å²) >= 11 is 0. The topological polar surface area (TPSA) is 105 Å². The normalized spacial score (nSPS) is 14.4. The molecule has 0 fully saturated rings. The highest BCUT2D eigenvalue weighted by atomic mass is 31.2. The van der Waals surface area contributed by atoms with Crippen LogP contribution in [0.1, 0.15) is 328 Å². The zero-order valence-corrected chi connectivity index (χ0v) is 63.3. The van der Waals surface area contributed by atoms with Gasteiger partial charge in [0.25, 0.3) is 0 Å². The molecule has 9 heteroatoms. The van der Waals surface area contributed by atoms with Crippen LogP contribution in [0.3, 0.4) is 0 Å². The lowest BCUT2D eigenvalue weighted by atomic mass is 10.0. The minimum atomic E-state index is -4.38. The Morgan fingerprint density at radius 3 is 0.968 bits per heavy atom. The van der Waals surface area contributed by atoms with Gasteiger partial charge in [-0.2, -0.15) is 0 Å². The molecule has 0 aliphatic carbocycles. The Morgan fingerprint density at radius 2 is 0.642 bits per heavy atom. The molecule has 0 bridgehead atoms. The number of rotatable bonds is 71. The van der Waals surface area contributed by atoms with Crippen molar-refractivity contribution in [2.75, 3.05) is 40.9 Å². The molecule has 0 aliphatic heterocycles. The number of nitrogens with one attached hydrogen (secondary N) is 1. The largest absolute Gasteiger partial charge is 0.472 e. The van der Waals surface area contributed by atoms with Crippen LogP contribution in [0.5, 0.6) is 0 Å². The molecule has 0 aliphatic rings. The van der Waals surface area contributed by atoms with Gasteiger partial charge in [0.1, 0.15) is 13.2 Å². The van der Waals surface area contributed by atoms with Crippen LogP contribution in [0.4, 0.5) is 0 Å². The first-order valence-electron chi connectivity index (χ1n) is 39.4. The fourth-order valence-electron chi connectivity index (χ4n) is 10.9. The quantitative estimate of drug-likeness (QED) is 0.0243. The Balaban J connectivity index is 4.14. The van der Waals surface area contributed by atoms with Crippen molar-refractivity contribution in [1.82, 2.24) is 5.32 Å². The molecule has 95 heavy (non-hydrogen) atoms. The number of phosphoric acid groups is 1. The number of quaternary nitrogens is 1. The predicted molar refractivity (Wildman–Crippen MR) is 419 cm³/mol. The molecular weight excluding hydrogens is 1190 g/mol. The van der Waals surface area contributed by atoms with Crippen molar-refractivity contribution in [2.45, 2.75) is 341 Å². The molecule has 3 atom stereocenters. The summed E-state index contributed by atoms with van der Waals surface area (Å²) in [6, 6.07) is -0.884. The van der Waals surface area contributed by atoms with E-state index in [4.69, 9.17) is 9.05 Å². The number of allylic oxidation sites excluding steroid dienone is 25. The second-order valence-electron chi connectivity index (χ2n) is 27.3. The van der Waals surface area contributed by atoms with E-state index in [-0.39, 0.29) is 19.1 Å². The van der Waals surface area contributed by atoms with Gasteiger partial charge in [-0.25, -0.2) is 4.57 Å². The lowest BCUT2D eigenvalue weighted by Crippen LogP contribution is -2.45. The summed E-state index contributed by atoms with van der Waals surface area (Å²) in [6.45, 7) is 4.69. The van der Waals surface area contributed by atoms with Gasteiger partial charge in [-0.1, -0.05) is 364 Å². The Hall–Kier alpha value is -3.88. The Morgan fingerprint density at radius 1 is 0.368 bits per heavy atom. The highest BCUT2D eigenvalue weighted by molar-refractivity contribution is 7.47. The van der Waals surface area contributed by atoms with E-state index in [2.05, 4.69) is 165 Å². The number of amides is 1. The molecule has 3 N–H and O–H groups in total. The highest BCUT2D eigenvalue weighted by Crippen LogP contribution is 2.43. The van der Waals surface area contributed by atoms with Crippen molar-refractivity contribution in [3.63, 3.8) is 0 Å². The van der Waals surface area contributed by atoms with Crippen LogP contribution in [0.2, 0.25) is 0 Å². The summed E-state index contributed by atoms with van der Waals surface area (Å²) in [5.41, 5.74) is 0. The summed E-state index contributed by atoms with van der Waals surface area (Å²) < 4.78 is 23.8. The minimum Gasteiger partial charge on any atom is -0.387 e. The van der Waals surface area contributed by atoms with Crippen LogP contribution in [-0.4, -0.2) is 73.4 Å². The van der Waals surface area contributed by atoms with E-state index >= 15 is 0 Å². The zero-order chi connectivity index (χ0) is 69.0. The van der Waals surface area contributed by atoms with Crippen LogP contribution < -0.4 is 5.32 Å². The van der Waals surface area contributed by atoms with Gasteiger partial charge < -0.3 is 19.8 Å². The van der Waals surface area contributed by atoms with E-state index in [9.17, 15) is 19.4 Å². The molecule has 3 unspecified atom stereocenters. The van der Waals surface area contributed by atoms with Crippen LogP contribution in [0, 0.1) is 0 Å². The van der Waals surface area contributed by atoms with Gasteiger partial charge in [-0.3, -0.25) is 13.8 Å². The number of carbonyl (C=O) groups excluding carboxylic acids is 1. The maximum Gasteiger partial charge on any atom is 0.472 e. The van der Waals surface area contributed by atoms with Crippen LogP contribution in [-0.2, 0) is 18.4 Å². The fourth-order valence-corrected chi connectivity index (χ4v) is 11.7. The number of aliphatic hydroxyl groups excluding tert-OH is 1. The summed E-state index contributed by atoms with van der Waals surface area (Å²) in [5.74, 6) is -0.201. The molecule has 544 valence electrons. The number of hydrogen-bond acceptors (Lipinski definition) is 5. The molecule has 0 aromatic carbocycles. The van der Waals surface area contributed by atoms with E-state index in [0.717, 1.165) is 122 Å². The summed E-state index contributed by atoms with van der Waals surface area (Å²) in [4.78, 5) is 23.5. The minimum absolute atomic E-state index is 0.0464. The second kappa shape index (κ2) is 74.3. The van der Waals surface area contributed by atoms with E-state index in [0.29, 0.717) is 17.4 Å². The zero-order valence-electron chi connectivity index (χ0n) is 62.4. The molecule has 0 radical (unpaired) electrons. The monoisotopic (exact) mass is 1340 g/mol. The smallest absolute Gasteiger partial charge is 0.387 e. The van der Waals surface area contributed by atoms with Crippen molar-refractivity contribution in [2.24, 2.45) is 0 Å². The number of nitrogens with zero attached hydrogens (tertiary/aromatic N) is 1. The number of phosphoric ester groups is 1. The third kappa shape index (κ3) is 77.3. The lowest BCUT2D eigenvalue weighted by molar-refractivity contribution is -0.870. The maximum absolute atomic E-state index is 13.1. The molecule has 8 nitrogen and oxygen atoms in total. The van der Waals surface area contributed by atoms with Crippen molar-refractivity contribution in [3.05, 3.63) is 158 Å². The predicted octanol–water partition coefficient (Wildman–Crippen LogP) is 26.1. The van der Waals surface area contributed by atoms with Gasteiger partial charge >= 0.3 is 7.82 Å². The SMILES string of the molecule is CC/C=C\C/C=C\C/C=C\C/C=C\C/C=C\C/C=C\C/C=C\C/C=C\C/C=C\C/C=C\C/C=C\CCCCCCCCCC(=O)NC(COP(=O)(O)OCC[N+](C)(C)C)C(O)/C=C/CC/C=C/CCCCCCCCCCCCCCCCCCCCCCCCCCCC. The number of hydrogen-bond donors (Lipinski definition) is 3. The third-order valence-electron chi connectivity index (χ3n) is 17.0. The van der Waals surface area contributed by atoms with Crippen molar-refractivity contribution >= 4 is 13.7 Å². The molecule has 0 heterocycles. The summed E-state index contributed by atoms with van der Waals surface area (Å²) in [5, 5.41) is 14.0. The number of carbonyl (C=O) groups is 1. The molecule has 0 saturated carbocycles. The van der Waals surface area contributed by atoms with E-state index in [1.807, 2.05) is 27.2 Å². The Kier molecular flexibility index (Phi) is 71.3. The van der Waals surface area contributed by atoms with Gasteiger partial charge in [0.15, 0.2) is 0 Å². The van der Waals surface area contributed by atoms with Crippen LogP contribution in [0.15, 0.2) is 158 Å². The average molecular weight is 1340 g/mol. The number of aliphatic hydroxyl groups is 1. The van der Waals surface area contributed by atoms with Gasteiger partial charge in [0, 0.05) is 6.42 Å². The van der Waals surface area contributed by atoms with Crippen LogP contribution >= 0.6 is 7.82 Å². The molecular formula is C86H150N2O6P+. The van der Waals surface area contributed by atoms with Crippen LogP contribution in [0.25, 0.3) is 0 Å². The van der Waals surface area contributed by atoms with E-state index in [1.165, 1.54) is 186 Å². The molecule has 0 saturated heterocycles.